The van der Waals surface area contributed by atoms with Crippen molar-refractivity contribution < 1.29 is 18.0 Å². The van der Waals surface area contributed by atoms with Crippen LogP contribution in [0.25, 0.3) is 10.6 Å². The number of hydrogen-bond acceptors (Lipinski definition) is 10. The molecule has 1 N–H and O–H groups in total. The van der Waals surface area contributed by atoms with Crippen molar-refractivity contribution in [3.8, 4) is 10.6 Å². The molecule has 0 amide bonds. The van der Waals surface area contributed by atoms with E-state index in [-0.39, 0.29) is 17.6 Å². The minimum absolute atomic E-state index is 0.000358. The summed E-state index contributed by atoms with van der Waals surface area (Å²) in [6.07, 6.45) is -0.228. The zero-order valence-corrected chi connectivity index (χ0v) is 21.5. The molecule has 8 nitrogen and oxygen atoms in total. The number of nitrogens with zero attached hydrogens (tertiary/aromatic N) is 6. The lowest BCUT2D eigenvalue weighted by atomic mass is 9.89. The van der Waals surface area contributed by atoms with Crippen LogP contribution in [-0.2, 0) is 6.18 Å². The van der Waals surface area contributed by atoms with Crippen molar-refractivity contribution in [3.05, 3.63) is 57.9 Å². The molecule has 5 rings (SSSR count). The van der Waals surface area contributed by atoms with Gasteiger partial charge in [-0.15, -0.1) is 22.7 Å². The van der Waals surface area contributed by atoms with E-state index >= 15 is 0 Å². The zero-order chi connectivity index (χ0) is 26.2. The van der Waals surface area contributed by atoms with Gasteiger partial charge in [0.1, 0.15) is 5.82 Å². The van der Waals surface area contributed by atoms with Gasteiger partial charge < -0.3 is 10.2 Å². The van der Waals surface area contributed by atoms with Crippen LogP contribution in [0.4, 0.5) is 30.1 Å². The second-order valence-electron chi connectivity index (χ2n) is 8.64. The van der Waals surface area contributed by atoms with Crippen LogP contribution in [-0.4, -0.2) is 43.8 Å². The summed E-state index contributed by atoms with van der Waals surface area (Å²) in [5, 5.41) is 6.85. The highest BCUT2D eigenvalue weighted by Crippen LogP contribution is 2.33. The third kappa shape index (κ3) is 5.62. The minimum atomic E-state index is -4.47. The Hall–Kier alpha value is -3.45. The van der Waals surface area contributed by atoms with Gasteiger partial charge in [-0.25, -0.2) is 24.9 Å². The summed E-state index contributed by atoms with van der Waals surface area (Å²) in [6.45, 7) is 4.91. The van der Waals surface area contributed by atoms with Crippen molar-refractivity contribution in [2.75, 3.05) is 23.3 Å². The number of carbonyl (C=O) groups excluding carboxylic acids is 1. The van der Waals surface area contributed by atoms with Crippen LogP contribution in [0.5, 0.6) is 0 Å². The predicted octanol–water partition coefficient (Wildman–Crippen LogP) is 5.93. The van der Waals surface area contributed by atoms with Gasteiger partial charge >= 0.3 is 6.18 Å². The Bertz CT molecular complexity index is 1390. The lowest BCUT2D eigenvalue weighted by Gasteiger charge is -2.31. The van der Waals surface area contributed by atoms with Gasteiger partial charge in [-0.3, -0.25) is 4.79 Å². The van der Waals surface area contributed by atoms with Crippen molar-refractivity contribution in [2.24, 2.45) is 5.92 Å². The number of nitrogens with one attached hydrogen (secondary N) is 1. The summed E-state index contributed by atoms with van der Waals surface area (Å²) in [7, 11) is 0. The largest absolute Gasteiger partial charge is 0.419 e. The van der Waals surface area contributed by atoms with E-state index in [1.807, 2.05) is 19.2 Å². The number of piperidine rings is 1. The molecular formula is C24H22F3N7OS2. The van der Waals surface area contributed by atoms with Crippen LogP contribution in [0.2, 0.25) is 0 Å². The molecule has 4 aromatic rings. The molecule has 0 spiro atoms. The van der Waals surface area contributed by atoms with E-state index in [1.165, 1.54) is 11.3 Å². The number of rotatable bonds is 6. The third-order valence-corrected chi connectivity index (χ3v) is 7.89. The van der Waals surface area contributed by atoms with Crippen LogP contribution in [0.15, 0.2) is 36.1 Å². The molecular weight excluding hydrogens is 523 g/mol. The molecule has 1 aliphatic rings. The van der Waals surface area contributed by atoms with Crippen LogP contribution in [0.1, 0.15) is 39.5 Å². The van der Waals surface area contributed by atoms with E-state index in [0.717, 1.165) is 33.7 Å². The van der Waals surface area contributed by atoms with Gasteiger partial charge in [0.15, 0.2) is 10.9 Å². The SMILES string of the molecule is Cc1nc(C)c(-c2csc(Nc3ccc(C(=O)C4CCN(c5ncc(C(F)(F)F)cn5)CC4)cn3)n2)s1. The lowest BCUT2D eigenvalue weighted by Crippen LogP contribution is -2.37. The number of alkyl halides is 3. The molecule has 0 aromatic carbocycles. The number of aromatic nitrogens is 5. The lowest BCUT2D eigenvalue weighted by molar-refractivity contribution is -0.138. The average Bonchev–Trinajstić information content (AvgIpc) is 3.48. The first-order chi connectivity index (χ1) is 17.7. The number of Topliss-reactive ketones (excluding diaryl/α,β-unsaturated/α-hetero) is 1. The van der Waals surface area contributed by atoms with Crippen molar-refractivity contribution in [2.45, 2.75) is 32.9 Å². The van der Waals surface area contributed by atoms with Crippen LogP contribution in [0, 0.1) is 19.8 Å². The average molecular weight is 546 g/mol. The number of anilines is 3. The first-order valence-corrected chi connectivity index (χ1v) is 13.2. The molecule has 37 heavy (non-hydrogen) atoms. The van der Waals surface area contributed by atoms with Crippen molar-refractivity contribution >= 4 is 45.4 Å². The molecule has 13 heteroatoms. The summed E-state index contributed by atoms with van der Waals surface area (Å²) in [5.74, 6) is 0.629. The molecule has 4 aromatic heterocycles. The molecule has 1 saturated heterocycles. The number of thiazole rings is 2. The van der Waals surface area contributed by atoms with E-state index in [4.69, 9.17) is 0 Å². The second kappa shape index (κ2) is 10.1. The number of ketones is 1. The minimum Gasteiger partial charge on any atom is -0.341 e. The molecule has 0 atom stereocenters. The fourth-order valence-electron chi connectivity index (χ4n) is 4.14. The number of hydrogen-bond donors (Lipinski definition) is 1. The van der Waals surface area contributed by atoms with Gasteiger partial charge in [-0.05, 0) is 38.8 Å². The van der Waals surface area contributed by atoms with E-state index in [2.05, 4.69) is 30.2 Å². The van der Waals surface area contributed by atoms with Crippen molar-refractivity contribution in [1.82, 2.24) is 24.9 Å². The summed E-state index contributed by atoms with van der Waals surface area (Å²) in [4.78, 5) is 37.0. The Labute approximate surface area is 218 Å². The fourth-order valence-corrected chi connectivity index (χ4v) is 5.80. The molecule has 0 saturated carbocycles. The van der Waals surface area contributed by atoms with Gasteiger partial charge in [0, 0.05) is 48.5 Å². The maximum atomic E-state index is 13.0. The number of carbonyl (C=O) groups is 1. The summed E-state index contributed by atoms with van der Waals surface area (Å²) in [6, 6.07) is 3.50. The topological polar surface area (TPSA) is 96.8 Å². The van der Waals surface area contributed by atoms with Gasteiger partial charge in [-0.2, -0.15) is 13.2 Å². The Balaban J connectivity index is 1.17. The normalized spacial score (nSPS) is 14.7. The Morgan fingerprint density at radius 2 is 1.78 bits per heavy atom. The molecule has 5 heterocycles. The zero-order valence-electron chi connectivity index (χ0n) is 19.9. The number of aryl methyl sites for hydroxylation is 2. The van der Waals surface area contributed by atoms with E-state index in [0.29, 0.717) is 42.4 Å². The maximum Gasteiger partial charge on any atom is 0.419 e. The summed E-state index contributed by atoms with van der Waals surface area (Å²) in [5.41, 5.74) is 1.46. The molecule has 192 valence electrons. The Kier molecular flexibility index (Phi) is 6.90. The predicted molar refractivity (Wildman–Crippen MR) is 137 cm³/mol. The van der Waals surface area contributed by atoms with Gasteiger partial charge in [0.05, 0.1) is 26.8 Å². The van der Waals surface area contributed by atoms with E-state index in [9.17, 15) is 18.0 Å². The number of pyridine rings is 1. The Morgan fingerprint density at radius 1 is 1.05 bits per heavy atom. The molecule has 0 aliphatic carbocycles. The first-order valence-electron chi connectivity index (χ1n) is 11.5. The summed E-state index contributed by atoms with van der Waals surface area (Å²) < 4.78 is 38.2. The van der Waals surface area contributed by atoms with Gasteiger partial charge in [0.2, 0.25) is 5.95 Å². The molecule has 0 radical (unpaired) electrons. The van der Waals surface area contributed by atoms with Gasteiger partial charge in [-0.1, -0.05) is 0 Å². The number of halogens is 3. The van der Waals surface area contributed by atoms with Crippen LogP contribution < -0.4 is 10.2 Å². The van der Waals surface area contributed by atoms with E-state index < -0.39 is 11.7 Å². The molecule has 1 aliphatic heterocycles. The molecule has 0 bridgehead atoms. The smallest absolute Gasteiger partial charge is 0.341 e. The highest BCUT2D eigenvalue weighted by Gasteiger charge is 2.32. The van der Waals surface area contributed by atoms with Crippen LogP contribution in [0.3, 0.4) is 0 Å². The maximum absolute atomic E-state index is 13.0. The standard InChI is InChI=1S/C24H22F3N7OS2/c1-13-21(37-14(2)31-13)18-12-36-23(32-18)33-19-4-3-16(9-28-19)20(35)15-5-7-34(8-6-15)22-29-10-17(11-30-22)24(25,26)27/h3-4,9-12,15H,5-8H2,1-2H3,(H,28,32,33). The third-order valence-electron chi connectivity index (χ3n) is 6.04. The molecule has 0 unspecified atom stereocenters. The second-order valence-corrected chi connectivity index (χ2v) is 10.7. The highest BCUT2D eigenvalue weighted by molar-refractivity contribution is 7.16. The summed E-state index contributed by atoms with van der Waals surface area (Å²) >= 11 is 3.08. The van der Waals surface area contributed by atoms with Crippen LogP contribution >= 0.6 is 22.7 Å². The van der Waals surface area contributed by atoms with Crippen molar-refractivity contribution in [3.63, 3.8) is 0 Å². The fraction of sp³-hybridized carbons (Fsp3) is 0.333. The van der Waals surface area contributed by atoms with Gasteiger partial charge in [0.25, 0.3) is 0 Å². The molecule has 1 fully saturated rings. The monoisotopic (exact) mass is 545 g/mol. The van der Waals surface area contributed by atoms with E-state index in [1.54, 1.807) is 34.6 Å². The van der Waals surface area contributed by atoms with Crippen molar-refractivity contribution in [1.29, 1.82) is 0 Å². The quantitative estimate of drug-likeness (QED) is 0.298. The highest BCUT2D eigenvalue weighted by atomic mass is 32.1. The Morgan fingerprint density at radius 3 is 2.38 bits per heavy atom. The first kappa shape index (κ1) is 25.2.